The zero-order valence-electron chi connectivity index (χ0n) is 16.3. The number of benzene rings is 1. The van der Waals surface area contributed by atoms with Crippen molar-refractivity contribution in [3.05, 3.63) is 64.0 Å². The topological polar surface area (TPSA) is 77.7 Å². The Labute approximate surface area is 176 Å². The summed E-state index contributed by atoms with van der Waals surface area (Å²) in [4.78, 5) is 17.5. The summed E-state index contributed by atoms with van der Waals surface area (Å²) in [6.07, 6.45) is -2.89. The highest BCUT2D eigenvalue weighted by molar-refractivity contribution is 5.62. The predicted octanol–water partition coefficient (Wildman–Crippen LogP) is 2.85. The first-order chi connectivity index (χ1) is 14.9. The van der Waals surface area contributed by atoms with E-state index in [1.165, 1.54) is 18.3 Å². The molecule has 1 fully saturated rings. The Morgan fingerprint density at radius 1 is 1.16 bits per heavy atom. The summed E-state index contributed by atoms with van der Waals surface area (Å²) in [5.41, 5.74) is 8.04. The van der Waals surface area contributed by atoms with Crippen molar-refractivity contribution in [1.82, 2.24) is 9.88 Å². The minimum Gasteiger partial charge on any atom is -0.383 e. The third-order valence-corrected chi connectivity index (χ3v) is 5.27. The molecule has 1 atom stereocenters. The highest BCUT2D eigenvalue weighted by Gasteiger charge is 2.32. The van der Waals surface area contributed by atoms with E-state index in [0.29, 0.717) is 43.3 Å². The van der Waals surface area contributed by atoms with E-state index in [1.807, 2.05) is 5.94 Å². The first-order valence-electron chi connectivity index (χ1n) is 9.51. The smallest absolute Gasteiger partial charge is 0.383 e. The Hall–Kier alpha value is -3.31. The number of nitrogens with zero attached hydrogens (tertiary/aromatic N) is 2. The predicted molar refractivity (Wildman–Crippen MR) is 105 cm³/mol. The SMILES string of the molecule is Nc1ncc(C#CC(=C=O)N2CCOCC2c2ccc(C(F)(F)F)cc2)c2c1COC2. The maximum atomic E-state index is 12.9. The molecule has 0 bridgehead atoms. The molecule has 2 N–H and O–H groups in total. The summed E-state index contributed by atoms with van der Waals surface area (Å²) in [7, 11) is 0. The van der Waals surface area contributed by atoms with Crippen LogP contribution in [0.1, 0.15) is 33.9 Å². The van der Waals surface area contributed by atoms with Crippen LogP contribution in [0.5, 0.6) is 0 Å². The van der Waals surface area contributed by atoms with Crippen molar-refractivity contribution < 1.29 is 27.4 Å². The van der Waals surface area contributed by atoms with Crippen molar-refractivity contribution >= 4 is 11.8 Å². The first-order valence-corrected chi connectivity index (χ1v) is 9.51. The van der Waals surface area contributed by atoms with Gasteiger partial charge in [-0.2, -0.15) is 13.2 Å². The molecule has 0 aliphatic carbocycles. The van der Waals surface area contributed by atoms with Crippen molar-refractivity contribution in [2.45, 2.75) is 25.4 Å². The summed E-state index contributed by atoms with van der Waals surface area (Å²) in [5, 5.41) is 0. The van der Waals surface area contributed by atoms with Crippen molar-refractivity contribution in [2.75, 3.05) is 25.5 Å². The number of rotatable bonds is 2. The molecule has 0 spiro atoms. The minimum absolute atomic E-state index is 0.0951. The van der Waals surface area contributed by atoms with E-state index >= 15 is 0 Å². The summed E-state index contributed by atoms with van der Waals surface area (Å²) < 4.78 is 49.5. The third-order valence-electron chi connectivity index (χ3n) is 5.27. The number of morpholine rings is 1. The number of anilines is 1. The molecule has 6 nitrogen and oxygen atoms in total. The number of hydrogen-bond acceptors (Lipinski definition) is 6. The van der Waals surface area contributed by atoms with E-state index in [0.717, 1.165) is 23.3 Å². The van der Waals surface area contributed by atoms with Gasteiger partial charge in [0.2, 0.25) is 0 Å². The minimum atomic E-state index is -4.42. The second-order valence-corrected chi connectivity index (χ2v) is 7.11. The lowest BCUT2D eigenvalue weighted by molar-refractivity contribution is -0.137. The Kier molecular flexibility index (Phi) is 5.70. The van der Waals surface area contributed by atoms with Crippen molar-refractivity contribution in [2.24, 2.45) is 0 Å². The molecule has 2 aliphatic rings. The average molecular weight is 429 g/mol. The van der Waals surface area contributed by atoms with Crippen LogP contribution in [0.2, 0.25) is 0 Å². The summed E-state index contributed by atoms with van der Waals surface area (Å²) in [6, 6.07) is 4.35. The fraction of sp³-hybridized carbons (Fsp3) is 0.318. The molecule has 0 amide bonds. The van der Waals surface area contributed by atoms with Crippen LogP contribution in [0.15, 0.2) is 36.2 Å². The molecule has 0 radical (unpaired) electrons. The summed E-state index contributed by atoms with van der Waals surface area (Å²) in [6.45, 7) is 1.64. The van der Waals surface area contributed by atoms with Gasteiger partial charge in [-0.25, -0.2) is 9.78 Å². The summed E-state index contributed by atoms with van der Waals surface area (Å²) in [5.74, 6) is 8.03. The number of aromatic nitrogens is 1. The van der Waals surface area contributed by atoms with Gasteiger partial charge in [0.25, 0.3) is 0 Å². The number of pyridine rings is 1. The van der Waals surface area contributed by atoms with Gasteiger partial charge in [0.1, 0.15) is 5.82 Å². The van der Waals surface area contributed by atoms with Crippen LogP contribution in [-0.4, -0.2) is 35.6 Å². The monoisotopic (exact) mass is 429 g/mol. The van der Waals surface area contributed by atoms with Gasteiger partial charge in [0, 0.05) is 29.4 Å². The second kappa shape index (κ2) is 8.44. The van der Waals surface area contributed by atoms with Gasteiger partial charge in [0.15, 0.2) is 11.6 Å². The largest absolute Gasteiger partial charge is 0.416 e. The lowest BCUT2D eigenvalue weighted by Gasteiger charge is -2.36. The molecule has 160 valence electrons. The number of carbonyl (C=O) groups excluding carboxylic acids is 1. The van der Waals surface area contributed by atoms with Crippen LogP contribution < -0.4 is 5.73 Å². The molecule has 4 rings (SSSR count). The van der Waals surface area contributed by atoms with Crippen LogP contribution >= 0.6 is 0 Å². The fourth-order valence-corrected chi connectivity index (χ4v) is 3.62. The van der Waals surface area contributed by atoms with Crippen LogP contribution in [0.4, 0.5) is 19.0 Å². The number of nitrogens with two attached hydrogens (primary N) is 1. The van der Waals surface area contributed by atoms with Crippen LogP contribution in [0.25, 0.3) is 0 Å². The average Bonchev–Trinajstić information content (AvgIpc) is 3.26. The molecular formula is C22H18F3N3O3. The maximum Gasteiger partial charge on any atom is 0.416 e. The van der Waals surface area contributed by atoms with Crippen LogP contribution in [0.3, 0.4) is 0 Å². The van der Waals surface area contributed by atoms with E-state index in [2.05, 4.69) is 16.8 Å². The molecular weight excluding hydrogens is 411 g/mol. The van der Waals surface area contributed by atoms with Gasteiger partial charge in [-0.15, -0.1) is 0 Å². The van der Waals surface area contributed by atoms with E-state index in [1.54, 1.807) is 4.90 Å². The molecule has 1 aromatic carbocycles. The highest BCUT2D eigenvalue weighted by Crippen LogP contribution is 2.32. The lowest BCUT2D eigenvalue weighted by atomic mass is 10.0. The van der Waals surface area contributed by atoms with Crippen molar-refractivity contribution in [3.63, 3.8) is 0 Å². The molecule has 31 heavy (non-hydrogen) atoms. The molecule has 2 aliphatic heterocycles. The molecule has 1 unspecified atom stereocenters. The van der Waals surface area contributed by atoms with Crippen molar-refractivity contribution in [1.29, 1.82) is 0 Å². The van der Waals surface area contributed by atoms with Crippen molar-refractivity contribution in [3.8, 4) is 11.8 Å². The molecule has 9 heteroatoms. The van der Waals surface area contributed by atoms with Gasteiger partial charge >= 0.3 is 6.18 Å². The summed E-state index contributed by atoms with van der Waals surface area (Å²) >= 11 is 0. The Morgan fingerprint density at radius 3 is 2.61 bits per heavy atom. The number of halogens is 3. The lowest BCUT2D eigenvalue weighted by Crippen LogP contribution is -2.38. The number of alkyl halides is 3. The Bertz CT molecular complexity index is 1100. The van der Waals surface area contributed by atoms with E-state index in [4.69, 9.17) is 15.2 Å². The molecule has 1 aromatic heterocycles. The van der Waals surface area contributed by atoms with E-state index in [9.17, 15) is 18.0 Å². The van der Waals surface area contributed by atoms with E-state index in [-0.39, 0.29) is 12.3 Å². The maximum absolute atomic E-state index is 12.9. The normalized spacial score (nSPS) is 18.0. The van der Waals surface area contributed by atoms with Gasteiger partial charge in [-0.1, -0.05) is 18.1 Å². The van der Waals surface area contributed by atoms with Crippen LogP contribution in [0, 0.1) is 11.8 Å². The van der Waals surface area contributed by atoms with E-state index < -0.39 is 17.8 Å². The van der Waals surface area contributed by atoms with Gasteiger partial charge in [-0.3, -0.25) is 0 Å². The first kappa shape index (κ1) is 20.9. The molecule has 0 saturated carbocycles. The molecule has 1 saturated heterocycles. The van der Waals surface area contributed by atoms with Gasteiger partial charge in [-0.05, 0) is 23.6 Å². The Morgan fingerprint density at radius 2 is 1.90 bits per heavy atom. The van der Waals surface area contributed by atoms with Crippen LogP contribution in [-0.2, 0) is 33.7 Å². The molecule has 2 aromatic rings. The van der Waals surface area contributed by atoms with Gasteiger partial charge in [0.05, 0.1) is 38.0 Å². The number of allylic oxidation sites excluding steroid dienone is 1. The van der Waals surface area contributed by atoms with Gasteiger partial charge < -0.3 is 20.1 Å². The number of hydrogen-bond donors (Lipinski definition) is 1. The standard InChI is InChI=1S/C22H18F3N3O3/c23-22(24,25)16-4-1-14(2-5-16)20-13-30-8-7-28(20)17(10-29)6-3-15-9-27-21(26)19-12-31-11-18(15)19/h1-2,4-5,9,20H,7-8,11-13H2,(H2,26,27). The second-order valence-electron chi connectivity index (χ2n) is 7.11. The number of ether oxygens (including phenoxy) is 2. The zero-order chi connectivity index (χ0) is 22.0. The zero-order valence-corrected chi connectivity index (χ0v) is 16.3. The number of nitrogen functional groups attached to an aromatic ring is 1. The molecule has 3 heterocycles. The quantitative estimate of drug-likeness (QED) is 0.585. The highest BCUT2D eigenvalue weighted by atomic mass is 19.4. The third kappa shape index (κ3) is 4.28. The fourth-order valence-electron chi connectivity index (χ4n) is 3.62. The number of fused-ring (bicyclic) bond motifs is 1. The Balaban J connectivity index is 1.62.